The summed E-state index contributed by atoms with van der Waals surface area (Å²) in [5.41, 5.74) is 0. The Balaban J connectivity index is 0.00000392. The fourth-order valence-electron chi connectivity index (χ4n) is 3.90. The molecule has 28 heavy (non-hydrogen) atoms. The maximum absolute atomic E-state index is 5.71. The van der Waals surface area contributed by atoms with E-state index < -0.39 is 0 Å². The van der Waals surface area contributed by atoms with Crippen LogP contribution < -0.4 is 5.32 Å². The van der Waals surface area contributed by atoms with E-state index in [-0.39, 0.29) is 24.0 Å². The van der Waals surface area contributed by atoms with Gasteiger partial charge in [0.1, 0.15) is 0 Å². The molecule has 0 radical (unpaired) electrons. The summed E-state index contributed by atoms with van der Waals surface area (Å²) in [5.74, 6) is 2.61. The van der Waals surface area contributed by atoms with Crippen LogP contribution in [0.2, 0.25) is 0 Å². The molecule has 0 aromatic carbocycles. The number of likely N-dealkylation sites (tertiary alicyclic amines) is 2. The Hall–Kier alpha value is -0.120. The topological polar surface area (TPSA) is 49.3 Å². The molecule has 7 heteroatoms. The van der Waals surface area contributed by atoms with Gasteiger partial charge in [0.05, 0.1) is 19.8 Å². The molecule has 1 N–H and O–H groups in total. The zero-order chi connectivity index (χ0) is 19.3. The van der Waals surface area contributed by atoms with Gasteiger partial charge in [-0.3, -0.25) is 4.99 Å². The summed E-state index contributed by atoms with van der Waals surface area (Å²) in [6, 6.07) is 0. The summed E-state index contributed by atoms with van der Waals surface area (Å²) in [6.45, 7) is 14.5. The number of aliphatic imine (C=N–C) groups is 1. The number of halogens is 1. The zero-order valence-electron chi connectivity index (χ0n) is 18.3. The minimum absolute atomic E-state index is 0. The molecule has 1 unspecified atom stereocenters. The molecule has 0 amide bonds. The summed E-state index contributed by atoms with van der Waals surface area (Å²) in [7, 11) is 1.72. The molecule has 0 bridgehead atoms. The fraction of sp³-hybridized carbons (Fsp3) is 0.952. The lowest BCUT2D eigenvalue weighted by Gasteiger charge is -2.30. The second kappa shape index (κ2) is 15.7. The molecule has 0 spiro atoms. The summed E-state index contributed by atoms with van der Waals surface area (Å²) < 4.78 is 10.7. The molecular formula is C21H43IN4O2. The van der Waals surface area contributed by atoms with Gasteiger partial charge in [-0.25, -0.2) is 0 Å². The Morgan fingerprint density at radius 1 is 1.11 bits per heavy atom. The highest BCUT2D eigenvalue weighted by molar-refractivity contribution is 14.0. The van der Waals surface area contributed by atoms with Crippen LogP contribution in [-0.2, 0) is 9.47 Å². The number of nitrogens with one attached hydrogen (secondary N) is 1. The number of methoxy groups -OCH3 is 1. The second-order valence-electron chi connectivity index (χ2n) is 8.14. The van der Waals surface area contributed by atoms with E-state index in [1.54, 1.807) is 7.11 Å². The molecular weight excluding hydrogens is 467 g/mol. The van der Waals surface area contributed by atoms with Crippen LogP contribution in [0.15, 0.2) is 4.99 Å². The molecule has 0 saturated carbocycles. The third-order valence-corrected chi connectivity index (χ3v) is 5.73. The van der Waals surface area contributed by atoms with Gasteiger partial charge in [-0.05, 0) is 64.6 Å². The lowest BCUT2D eigenvalue weighted by Crippen LogP contribution is -2.40. The minimum atomic E-state index is 0. The van der Waals surface area contributed by atoms with Crippen molar-refractivity contribution in [2.24, 2.45) is 16.8 Å². The number of ether oxygens (including phenoxy) is 2. The zero-order valence-corrected chi connectivity index (χ0v) is 20.7. The van der Waals surface area contributed by atoms with Gasteiger partial charge in [0.2, 0.25) is 0 Å². The standard InChI is InChI=1S/C21H42N4O2.HI/c1-4-22-21(25-14-9-20(17-25)18-27-16-15-26-3)23-10-5-6-11-24-12-7-19(2)8-13-24;/h19-20H,4-18H2,1-3H3,(H,22,23);1H. The van der Waals surface area contributed by atoms with Crippen molar-refractivity contribution >= 4 is 29.9 Å². The predicted molar refractivity (Wildman–Crippen MR) is 128 cm³/mol. The SMILES string of the molecule is CCNC(=NCCCCN1CCC(C)CC1)N1CCC(COCCOC)C1.I. The Morgan fingerprint density at radius 2 is 1.89 bits per heavy atom. The van der Waals surface area contributed by atoms with Crippen LogP contribution in [0.3, 0.4) is 0 Å². The highest BCUT2D eigenvalue weighted by atomic mass is 127. The van der Waals surface area contributed by atoms with Crippen LogP contribution in [0.4, 0.5) is 0 Å². The lowest BCUT2D eigenvalue weighted by atomic mass is 9.99. The summed E-state index contributed by atoms with van der Waals surface area (Å²) in [5, 5.41) is 3.47. The van der Waals surface area contributed by atoms with Crippen LogP contribution in [0.1, 0.15) is 46.0 Å². The average Bonchev–Trinajstić information content (AvgIpc) is 3.14. The number of unbranched alkanes of at least 4 members (excludes halogenated alkanes) is 1. The van der Waals surface area contributed by atoms with Crippen molar-refractivity contribution in [1.82, 2.24) is 15.1 Å². The van der Waals surface area contributed by atoms with Gasteiger partial charge < -0.3 is 24.6 Å². The molecule has 0 aromatic rings. The van der Waals surface area contributed by atoms with Crippen LogP contribution in [-0.4, -0.2) is 88.5 Å². The van der Waals surface area contributed by atoms with E-state index in [1.807, 2.05) is 0 Å². The van der Waals surface area contributed by atoms with E-state index in [0.717, 1.165) is 44.7 Å². The van der Waals surface area contributed by atoms with E-state index in [2.05, 4.69) is 29.0 Å². The number of hydrogen-bond donors (Lipinski definition) is 1. The van der Waals surface area contributed by atoms with Crippen LogP contribution in [0.5, 0.6) is 0 Å². The van der Waals surface area contributed by atoms with Crippen molar-refractivity contribution in [3.63, 3.8) is 0 Å². The largest absolute Gasteiger partial charge is 0.382 e. The van der Waals surface area contributed by atoms with E-state index in [1.165, 1.54) is 51.7 Å². The average molecular weight is 511 g/mol. The first-order valence-corrected chi connectivity index (χ1v) is 11.0. The van der Waals surface area contributed by atoms with Crippen molar-refractivity contribution in [2.45, 2.75) is 46.0 Å². The predicted octanol–water partition coefficient (Wildman–Crippen LogP) is 3.07. The Bertz CT molecular complexity index is 417. The number of piperidine rings is 1. The molecule has 2 rings (SSSR count). The smallest absolute Gasteiger partial charge is 0.193 e. The third kappa shape index (κ3) is 10.1. The lowest BCUT2D eigenvalue weighted by molar-refractivity contribution is 0.0536. The molecule has 0 aromatic heterocycles. The maximum Gasteiger partial charge on any atom is 0.193 e. The normalized spacial score (nSPS) is 21.8. The Kier molecular flexibility index (Phi) is 14.5. The molecule has 2 heterocycles. The molecule has 1 atom stereocenters. The first-order valence-electron chi connectivity index (χ1n) is 11.0. The van der Waals surface area contributed by atoms with E-state index in [9.17, 15) is 0 Å². The number of rotatable bonds is 11. The first kappa shape index (κ1) is 25.9. The number of hydrogen-bond acceptors (Lipinski definition) is 4. The number of guanidine groups is 1. The van der Waals surface area contributed by atoms with Gasteiger partial charge in [0.25, 0.3) is 0 Å². The van der Waals surface area contributed by atoms with Gasteiger partial charge in [-0.1, -0.05) is 6.92 Å². The highest BCUT2D eigenvalue weighted by Gasteiger charge is 2.24. The van der Waals surface area contributed by atoms with E-state index in [0.29, 0.717) is 19.1 Å². The number of nitrogens with zero attached hydrogens (tertiary/aromatic N) is 3. The van der Waals surface area contributed by atoms with Crippen LogP contribution >= 0.6 is 24.0 Å². The molecule has 6 nitrogen and oxygen atoms in total. The quantitative estimate of drug-likeness (QED) is 0.201. The molecule has 2 fully saturated rings. The minimum Gasteiger partial charge on any atom is -0.382 e. The van der Waals surface area contributed by atoms with Crippen molar-refractivity contribution < 1.29 is 9.47 Å². The molecule has 0 aliphatic carbocycles. The molecule has 2 saturated heterocycles. The van der Waals surface area contributed by atoms with Crippen molar-refractivity contribution in [3.05, 3.63) is 0 Å². The molecule has 166 valence electrons. The van der Waals surface area contributed by atoms with Gasteiger partial charge in [-0.2, -0.15) is 0 Å². The Morgan fingerprint density at radius 3 is 2.61 bits per heavy atom. The van der Waals surface area contributed by atoms with Gasteiger partial charge in [0, 0.05) is 39.2 Å². The van der Waals surface area contributed by atoms with Crippen molar-refractivity contribution in [2.75, 3.05) is 72.7 Å². The summed E-state index contributed by atoms with van der Waals surface area (Å²) in [4.78, 5) is 9.92. The van der Waals surface area contributed by atoms with Crippen LogP contribution in [0, 0.1) is 11.8 Å². The van der Waals surface area contributed by atoms with Crippen molar-refractivity contribution in [3.8, 4) is 0 Å². The van der Waals surface area contributed by atoms with Crippen molar-refractivity contribution in [1.29, 1.82) is 0 Å². The van der Waals surface area contributed by atoms with Gasteiger partial charge in [0.15, 0.2) is 5.96 Å². The first-order chi connectivity index (χ1) is 13.2. The van der Waals surface area contributed by atoms with E-state index >= 15 is 0 Å². The fourth-order valence-corrected chi connectivity index (χ4v) is 3.90. The van der Waals surface area contributed by atoms with Crippen LogP contribution in [0.25, 0.3) is 0 Å². The highest BCUT2D eigenvalue weighted by Crippen LogP contribution is 2.17. The second-order valence-corrected chi connectivity index (χ2v) is 8.14. The Labute approximate surface area is 189 Å². The maximum atomic E-state index is 5.71. The van der Waals surface area contributed by atoms with Gasteiger partial charge >= 0.3 is 0 Å². The molecule has 2 aliphatic heterocycles. The monoisotopic (exact) mass is 510 g/mol. The summed E-state index contributed by atoms with van der Waals surface area (Å²) in [6.07, 6.45) is 6.36. The van der Waals surface area contributed by atoms with E-state index in [4.69, 9.17) is 14.5 Å². The summed E-state index contributed by atoms with van der Waals surface area (Å²) >= 11 is 0. The third-order valence-electron chi connectivity index (χ3n) is 5.73. The molecule has 2 aliphatic rings. The van der Waals surface area contributed by atoms with Gasteiger partial charge in [-0.15, -0.1) is 24.0 Å².